The summed E-state index contributed by atoms with van der Waals surface area (Å²) in [5.41, 5.74) is -1.91. The molecule has 66 heavy (non-hydrogen) atoms. The van der Waals surface area contributed by atoms with Crippen molar-refractivity contribution >= 4 is 313 Å². The molecule has 0 unspecified atom stereocenters. The first-order chi connectivity index (χ1) is 30.5. The molecule has 0 N–H and O–H groups in total. The van der Waals surface area contributed by atoms with Gasteiger partial charge in [-0.1, -0.05) is 307 Å². The van der Waals surface area contributed by atoms with Gasteiger partial charge in [0, 0.05) is 54.3 Å². The summed E-state index contributed by atoms with van der Waals surface area (Å²) >= 11 is 175. The van der Waals surface area contributed by atoms with Crippen LogP contribution in [0.25, 0.3) is 11.1 Å². The van der Waals surface area contributed by atoms with Crippen LogP contribution in [0.4, 0.5) is 0 Å². The quantitative estimate of drug-likeness (QED) is 0.128. The predicted molar refractivity (Wildman–Crippen MR) is 289 cm³/mol. The summed E-state index contributed by atoms with van der Waals surface area (Å²) in [6.07, 6.45) is 0. The lowest BCUT2D eigenvalue weighted by Crippen LogP contribution is -2.17. The number of hydrogen-bond acceptors (Lipinski definition) is 1. The molecular weight excluding hydrogens is 1410 g/mol. The van der Waals surface area contributed by atoms with Crippen LogP contribution >= 0.6 is 302 Å². The number of halogens is 26. The van der Waals surface area contributed by atoms with Crippen molar-refractivity contribution in [1.82, 2.24) is 0 Å². The Morgan fingerprint density at radius 3 is 0.636 bits per heavy atom. The Kier molecular flexibility index (Phi) is 19.0. The molecule has 6 aromatic carbocycles. The summed E-state index contributed by atoms with van der Waals surface area (Å²) in [6.45, 7) is 0. The maximum atomic E-state index is 12.9. The smallest absolute Gasteiger partial charge is 0.218 e. The Morgan fingerprint density at radius 2 is 0.409 bits per heavy atom. The molecule has 0 heterocycles. The van der Waals surface area contributed by atoms with Crippen molar-refractivity contribution in [2.45, 2.75) is 0 Å². The second-order valence-electron chi connectivity index (χ2n) is 12.6. The standard InChI is InChI=1S/C38HCl26O2/c39-11-3(1(5-19(47)27(55)31(59)28(56)20(5)48)7-23(51)33(61)37(65)34(62)24(7)52)12(40)16(44)9(15(11)43)10-17(45)13(41)4(14(42)18(10)46)2(6-21(49)29(57)32(60)30(58)22(6)50)8-25(53)35(63)38(66)36(64)26(8)54/h65H/p-1. The molecule has 28 heteroatoms. The van der Waals surface area contributed by atoms with E-state index in [-0.39, 0.29) is 105 Å². The molecule has 0 fully saturated rings. The highest BCUT2D eigenvalue weighted by Gasteiger charge is 2.34. The summed E-state index contributed by atoms with van der Waals surface area (Å²) < 4.78 is 0. The van der Waals surface area contributed by atoms with Gasteiger partial charge in [-0.15, -0.1) is 0 Å². The molecule has 0 saturated heterocycles. The highest BCUT2D eigenvalue weighted by atomic mass is 35.5. The van der Waals surface area contributed by atoms with E-state index in [9.17, 15) is 10.2 Å². The monoisotopic (exact) mass is 1400 g/mol. The molecule has 6 rings (SSSR count). The second kappa shape index (κ2) is 21.8. The molecule has 0 aliphatic rings. The van der Waals surface area contributed by atoms with Gasteiger partial charge in [0.05, 0.1) is 121 Å². The van der Waals surface area contributed by atoms with Crippen molar-refractivity contribution in [2.24, 2.45) is 0 Å². The first-order valence-corrected chi connectivity index (χ1v) is 25.9. The summed E-state index contributed by atoms with van der Waals surface area (Å²) in [6, 6.07) is 0. The van der Waals surface area contributed by atoms with Gasteiger partial charge in [-0.2, -0.15) is 0 Å². The van der Waals surface area contributed by atoms with Crippen LogP contribution in [0.3, 0.4) is 0 Å². The number of hydrogen-bond donors (Lipinski definition) is 0. The van der Waals surface area contributed by atoms with Gasteiger partial charge < -0.3 is 5.11 Å². The van der Waals surface area contributed by atoms with Gasteiger partial charge in [0.25, 0.3) is 0 Å². The van der Waals surface area contributed by atoms with Crippen LogP contribution in [0.5, 0.6) is 11.5 Å². The van der Waals surface area contributed by atoms with Crippen LogP contribution in [-0.4, -0.2) is 0 Å². The van der Waals surface area contributed by atoms with Gasteiger partial charge in [-0.05, 0) is 0 Å². The molecule has 0 bridgehead atoms. The van der Waals surface area contributed by atoms with Gasteiger partial charge in [-0.3, -0.25) is 5.11 Å². The van der Waals surface area contributed by atoms with E-state index in [0.717, 1.165) is 0 Å². The van der Waals surface area contributed by atoms with Crippen molar-refractivity contribution in [1.29, 1.82) is 0 Å². The highest BCUT2D eigenvalue weighted by Crippen LogP contribution is 2.56. The average Bonchev–Trinajstić information content (AvgIpc) is 3.28. The lowest BCUT2D eigenvalue weighted by atomic mass is 9.93. The minimum absolute atomic E-state index is 0.268. The first-order valence-electron chi connectivity index (χ1n) is 16.1. The average molecular weight is 1410 g/mol. The Balaban J connectivity index is 2.00. The van der Waals surface area contributed by atoms with E-state index >= 15 is 0 Å². The van der Waals surface area contributed by atoms with Crippen LogP contribution in [-0.2, 0) is 5.11 Å². The molecule has 0 atom stereocenters. The fraction of sp³-hybridized carbons (Fsp3) is 0. The van der Waals surface area contributed by atoms with Crippen molar-refractivity contribution in [3.05, 3.63) is 174 Å². The van der Waals surface area contributed by atoms with E-state index in [1.807, 2.05) is 0 Å². The summed E-state index contributed by atoms with van der Waals surface area (Å²) in [7, 11) is 0. The maximum absolute atomic E-state index is 12.9. The van der Waals surface area contributed by atoms with Crippen LogP contribution < -0.4 is 15.5 Å². The van der Waals surface area contributed by atoms with E-state index in [4.69, 9.17) is 302 Å². The lowest BCUT2D eigenvalue weighted by Gasteiger charge is -2.23. The second-order valence-corrected chi connectivity index (χ2v) is 22.4. The van der Waals surface area contributed by atoms with Crippen molar-refractivity contribution < 1.29 is 10.2 Å². The number of rotatable bonds is 4. The largest absolute Gasteiger partial charge is 0.870 e. The molecule has 347 valence electrons. The minimum Gasteiger partial charge on any atom is -0.870 e. The third kappa shape index (κ3) is 9.27. The van der Waals surface area contributed by atoms with Crippen molar-refractivity contribution in [2.75, 3.05) is 0 Å². The van der Waals surface area contributed by atoms with E-state index in [2.05, 4.69) is 0 Å². The lowest BCUT2D eigenvalue weighted by molar-refractivity contribution is -0.267. The molecule has 0 aliphatic heterocycles. The van der Waals surface area contributed by atoms with Gasteiger partial charge in [0.15, 0.2) is 0 Å². The van der Waals surface area contributed by atoms with Gasteiger partial charge in [0.2, 0.25) is 5.75 Å². The molecule has 6 aromatic rings. The Bertz CT molecular complexity index is 2900. The first kappa shape index (κ1) is 57.5. The van der Waals surface area contributed by atoms with Crippen LogP contribution in [0, 0.1) is 10.4 Å². The normalized spacial score (nSPS) is 11.6. The fourth-order valence-electron chi connectivity index (χ4n) is 6.20. The molecule has 0 aromatic heterocycles. The summed E-state index contributed by atoms with van der Waals surface area (Å²) in [5.74, 6) is -1.92. The van der Waals surface area contributed by atoms with Crippen molar-refractivity contribution in [3.8, 4) is 11.5 Å². The zero-order valence-corrected chi connectivity index (χ0v) is 49.3. The molecule has 0 spiro atoms. The van der Waals surface area contributed by atoms with Gasteiger partial charge in [-0.25, -0.2) is 0 Å². The summed E-state index contributed by atoms with van der Waals surface area (Å²) in [4.78, 5) is 0. The SMILES string of the molecule is [O]c1c(Cl)c(Cl)c(C(c2c(Cl)c(Cl)c(Cl)c(Cl)c2Cl)=c2c(Cl)c(Cl)c(=c3c(Cl)c(Cl)c(=C(c4c(Cl)c(Cl)c([O-])c(Cl)c4Cl)c4c(Cl)c(Cl)c(Cl)c(Cl)c4Cl)c(Cl)c3Cl)c(Cl)c2Cl)c(Cl)c1Cl. The Labute approximate surface area is 501 Å². The molecule has 0 saturated carbocycles. The molecule has 1 radical (unpaired) electrons. The fourth-order valence-corrected chi connectivity index (χ4v) is 13.4. The third-order valence-electron chi connectivity index (χ3n) is 9.14. The van der Waals surface area contributed by atoms with Gasteiger partial charge >= 0.3 is 0 Å². The van der Waals surface area contributed by atoms with Crippen molar-refractivity contribution in [3.63, 3.8) is 0 Å². The molecule has 2 nitrogen and oxygen atoms in total. The third-order valence-corrected chi connectivity index (χ3v) is 20.4. The van der Waals surface area contributed by atoms with Crippen LogP contribution in [0.15, 0.2) is 0 Å². The zero-order chi connectivity index (χ0) is 49.9. The molecule has 0 amide bonds. The van der Waals surface area contributed by atoms with E-state index < -0.39 is 91.9 Å². The molecule has 0 aliphatic carbocycles. The maximum Gasteiger partial charge on any atom is 0.218 e. The topological polar surface area (TPSA) is 43.0 Å². The van der Waals surface area contributed by atoms with Crippen LogP contribution in [0.1, 0.15) is 22.3 Å². The predicted octanol–water partition coefficient (Wildman–Crippen LogP) is 23.7. The zero-order valence-electron chi connectivity index (χ0n) is 29.6. The van der Waals surface area contributed by atoms with Gasteiger partial charge in [0.1, 0.15) is 10.0 Å². The summed E-state index contributed by atoms with van der Waals surface area (Å²) in [5, 5.41) is 12.8. The van der Waals surface area contributed by atoms with Crippen LogP contribution in [0.2, 0.25) is 131 Å². The number of benzene rings is 6. The Morgan fingerprint density at radius 1 is 0.227 bits per heavy atom. The van der Waals surface area contributed by atoms with E-state index in [0.29, 0.717) is 0 Å². The van der Waals surface area contributed by atoms with E-state index in [1.165, 1.54) is 0 Å². The minimum atomic E-state index is -0.962. The highest BCUT2D eigenvalue weighted by molar-refractivity contribution is 6.59. The Hall–Kier alpha value is 2.20. The van der Waals surface area contributed by atoms with E-state index in [1.54, 1.807) is 0 Å². The molecular formula is C38Cl26O2-.